The number of nitriles is 1. The number of hydrogen-bond acceptors (Lipinski definition) is 6. The first-order valence-corrected chi connectivity index (χ1v) is 13.1. The lowest BCUT2D eigenvalue weighted by Gasteiger charge is -2.17. The van der Waals surface area contributed by atoms with Crippen LogP contribution in [0.3, 0.4) is 0 Å². The van der Waals surface area contributed by atoms with E-state index >= 15 is 0 Å². The number of hydrogen-bond donors (Lipinski definition) is 1. The maximum atomic E-state index is 13.0. The maximum Gasteiger partial charge on any atom is 0.237 e. The topological polar surface area (TPSA) is 84.2 Å². The Morgan fingerprint density at radius 1 is 1.00 bits per heavy atom. The third-order valence-corrected chi connectivity index (χ3v) is 7.21. The zero-order valence-electron chi connectivity index (χ0n) is 21.4. The number of pyridine rings is 1. The molecule has 0 fully saturated rings. The molecule has 0 aliphatic rings. The van der Waals surface area contributed by atoms with Gasteiger partial charge in [0.2, 0.25) is 5.91 Å². The van der Waals surface area contributed by atoms with Gasteiger partial charge in [0, 0.05) is 21.8 Å². The molecule has 0 spiro atoms. The van der Waals surface area contributed by atoms with Gasteiger partial charge in [0.05, 0.1) is 30.7 Å². The monoisotopic (exact) mass is 543 g/mol. The molecule has 0 unspecified atom stereocenters. The second-order valence-electron chi connectivity index (χ2n) is 8.54. The first-order valence-electron chi connectivity index (χ1n) is 11.8. The van der Waals surface area contributed by atoms with E-state index in [-0.39, 0.29) is 5.91 Å². The number of aryl methyl sites for hydroxylation is 1. The molecule has 0 bridgehead atoms. The van der Waals surface area contributed by atoms with Crippen LogP contribution in [0, 0.1) is 18.3 Å². The number of anilines is 1. The first kappa shape index (κ1) is 27.1. The molecule has 0 aliphatic heterocycles. The Morgan fingerprint density at radius 3 is 2.37 bits per heavy atom. The molecule has 0 aliphatic carbocycles. The predicted octanol–water partition coefficient (Wildman–Crippen LogP) is 7.39. The normalized spacial score (nSPS) is 11.4. The van der Waals surface area contributed by atoms with Crippen LogP contribution >= 0.6 is 23.4 Å². The van der Waals surface area contributed by atoms with Gasteiger partial charge in [-0.15, -0.1) is 0 Å². The summed E-state index contributed by atoms with van der Waals surface area (Å²) in [5.41, 5.74) is 5.15. The fourth-order valence-corrected chi connectivity index (χ4v) is 4.97. The second-order valence-corrected chi connectivity index (χ2v) is 10.3. The highest BCUT2D eigenvalue weighted by atomic mass is 35.5. The highest BCUT2D eigenvalue weighted by Crippen LogP contribution is 2.39. The van der Waals surface area contributed by atoms with E-state index in [0.717, 1.165) is 16.7 Å². The molecule has 1 aromatic heterocycles. The lowest BCUT2D eigenvalue weighted by atomic mass is 9.98. The molecule has 3 aromatic carbocycles. The number of nitrogens with one attached hydrogen (secondary N) is 1. The van der Waals surface area contributed by atoms with Crippen molar-refractivity contribution in [2.45, 2.75) is 24.1 Å². The van der Waals surface area contributed by atoms with Crippen molar-refractivity contribution in [2.75, 3.05) is 19.5 Å². The number of nitrogens with zero attached hydrogens (tertiary/aromatic N) is 2. The van der Waals surface area contributed by atoms with Crippen molar-refractivity contribution in [3.8, 4) is 40.0 Å². The van der Waals surface area contributed by atoms with E-state index in [1.165, 1.54) is 11.8 Å². The number of benzene rings is 3. The van der Waals surface area contributed by atoms with Crippen molar-refractivity contribution in [3.05, 3.63) is 88.9 Å². The Hall–Kier alpha value is -3.99. The van der Waals surface area contributed by atoms with Gasteiger partial charge in [-0.25, -0.2) is 4.98 Å². The number of amides is 1. The average molecular weight is 544 g/mol. The van der Waals surface area contributed by atoms with Gasteiger partial charge in [0.1, 0.15) is 11.1 Å². The standard InChI is InChI=1S/C30H26ClN3O3S/c1-18-8-10-20(11-9-18)26-16-24(21-12-13-27(36-3)28(14-21)37-4)25(17-32)30(34-26)38-19(2)29(35)33-23-7-5-6-22(31)15-23/h5-16,19H,1-4H3,(H,33,35)/t19-/m0/s1. The summed E-state index contributed by atoms with van der Waals surface area (Å²) in [6.45, 7) is 3.80. The molecule has 4 rings (SSSR count). The largest absolute Gasteiger partial charge is 0.493 e. The highest BCUT2D eigenvalue weighted by molar-refractivity contribution is 8.00. The number of carbonyl (C=O) groups excluding carboxylic acids is 1. The third-order valence-electron chi connectivity index (χ3n) is 5.89. The molecule has 1 N–H and O–H groups in total. The third kappa shape index (κ3) is 6.10. The van der Waals surface area contributed by atoms with Gasteiger partial charge in [-0.3, -0.25) is 4.79 Å². The molecule has 1 heterocycles. The van der Waals surface area contributed by atoms with E-state index in [1.807, 2.05) is 49.4 Å². The lowest BCUT2D eigenvalue weighted by molar-refractivity contribution is -0.115. The van der Waals surface area contributed by atoms with Gasteiger partial charge in [-0.2, -0.15) is 5.26 Å². The Bertz CT molecular complexity index is 1520. The van der Waals surface area contributed by atoms with Crippen molar-refractivity contribution in [2.24, 2.45) is 0 Å². The van der Waals surface area contributed by atoms with Crippen LogP contribution in [0.1, 0.15) is 18.1 Å². The molecule has 0 radical (unpaired) electrons. The molecule has 0 saturated carbocycles. The number of halogens is 1. The number of rotatable bonds is 8. The minimum Gasteiger partial charge on any atom is -0.493 e. The van der Waals surface area contributed by atoms with Gasteiger partial charge in [0.25, 0.3) is 0 Å². The molecule has 1 atom stereocenters. The van der Waals surface area contributed by atoms with E-state index in [2.05, 4.69) is 11.4 Å². The van der Waals surface area contributed by atoms with Crippen LogP contribution in [-0.2, 0) is 4.79 Å². The van der Waals surface area contributed by atoms with E-state index < -0.39 is 5.25 Å². The second kappa shape index (κ2) is 12.0. The van der Waals surface area contributed by atoms with Crippen LogP contribution in [0.5, 0.6) is 11.5 Å². The zero-order valence-corrected chi connectivity index (χ0v) is 23.0. The van der Waals surface area contributed by atoms with Crippen molar-refractivity contribution < 1.29 is 14.3 Å². The summed E-state index contributed by atoms with van der Waals surface area (Å²) in [5.74, 6) is 0.908. The summed E-state index contributed by atoms with van der Waals surface area (Å²) in [7, 11) is 3.14. The first-order chi connectivity index (χ1) is 18.3. The van der Waals surface area contributed by atoms with Gasteiger partial charge < -0.3 is 14.8 Å². The predicted molar refractivity (Wildman–Crippen MR) is 153 cm³/mol. The van der Waals surface area contributed by atoms with Gasteiger partial charge in [0.15, 0.2) is 11.5 Å². The number of methoxy groups -OCH3 is 2. The zero-order chi connectivity index (χ0) is 27.2. The fourth-order valence-electron chi connectivity index (χ4n) is 3.85. The van der Waals surface area contributed by atoms with Gasteiger partial charge in [-0.05, 0) is 55.8 Å². The Labute approximate surface area is 231 Å². The van der Waals surface area contributed by atoms with Crippen molar-refractivity contribution in [1.29, 1.82) is 5.26 Å². The molecule has 6 nitrogen and oxygen atoms in total. The summed E-state index contributed by atoms with van der Waals surface area (Å²) in [6.07, 6.45) is 0. The molecule has 1 amide bonds. The van der Waals surface area contributed by atoms with Gasteiger partial charge >= 0.3 is 0 Å². The maximum absolute atomic E-state index is 13.0. The summed E-state index contributed by atoms with van der Waals surface area (Å²) >= 11 is 7.29. The van der Waals surface area contributed by atoms with Crippen LogP contribution < -0.4 is 14.8 Å². The minimum atomic E-state index is -0.542. The molecular weight excluding hydrogens is 518 g/mol. The molecule has 8 heteroatoms. The fraction of sp³-hybridized carbons (Fsp3) is 0.167. The lowest BCUT2D eigenvalue weighted by Crippen LogP contribution is -2.22. The van der Waals surface area contributed by atoms with E-state index in [4.69, 9.17) is 26.1 Å². The van der Waals surface area contributed by atoms with E-state index in [0.29, 0.717) is 44.1 Å². The molecule has 192 valence electrons. The molecular formula is C30H26ClN3O3S. The highest BCUT2D eigenvalue weighted by Gasteiger charge is 2.22. The van der Waals surface area contributed by atoms with E-state index in [1.54, 1.807) is 51.5 Å². The number of carbonyl (C=O) groups is 1. The van der Waals surface area contributed by atoms with Crippen molar-refractivity contribution in [1.82, 2.24) is 4.98 Å². The Morgan fingerprint density at radius 2 is 1.71 bits per heavy atom. The smallest absolute Gasteiger partial charge is 0.237 e. The number of ether oxygens (including phenoxy) is 2. The quantitative estimate of drug-likeness (QED) is 0.233. The summed E-state index contributed by atoms with van der Waals surface area (Å²) in [6, 6.07) is 24.7. The van der Waals surface area contributed by atoms with Crippen LogP contribution in [0.25, 0.3) is 22.4 Å². The molecule has 4 aromatic rings. The molecule has 38 heavy (non-hydrogen) atoms. The molecule has 0 saturated heterocycles. The Balaban J connectivity index is 1.78. The van der Waals surface area contributed by atoms with Crippen molar-refractivity contribution >= 4 is 35.0 Å². The summed E-state index contributed by atoms with van der Waals surface area (Å²) in [5, 5.41) is 13.6. The Kier molecular flexibility index (Phi) is 8.57. The van der Waals surface area contributed by atoms with Crippen molar-refractivity contribution in [3.63, 3.8) is 0 Å². The van der Waals surface area contributed by atoms with Gasteiger partial charge in [-0.1, -0.05) is 65.3 Å². The average Bonchev–Trinajstić information content (AvgIpc) is 2.92. The number of aromatic nitrogens is 1. The van der Waals surface area contributed by atoms with Crippen LogP contribution in [-0.4, -0.2) is 30.4 Å². The summed E-state index contributed by atoms with van der Waals surface area (Å²) in [4.78, 5) is 17.8. The van der Waals surface area contributed by atoms with E-state index in [9.17, 15) is 10.1 Å². The number of thioether (sulfide) groups is 1. The summed E-state index contributed by atoms with van der Waals surface area (Å²) < 4.78 is 10.9. The minimum absolute atomic E-state index is 0.226. The van der Waals surface area contributed by atoms with Crippen LogP contribution in [0.15, 0.2) is 77.8 Å². The SMILES string of the molecule is COc1ccc(-c2cc(-c3ccc(C)cc3)nc(S[C@@H](C)C(=O)Nc3cccc(Cl)c3)c2C#N)cc1OC. The van der Waals surface area contributed by atoms with Crippen LogP contribution in [0.4, 0.5) is 5.69 Å². The van der Waals surface area contributed by atoms with Crippen LogP contribution in [0.2, 0.25) is 5.02 Å².